The lowest BCUT2D eigenvalue weighted by Crippen LogP contribution is -2.37. The van der Waals surface area contributed by atoms with E-state index in [1.807, 2.05) is 0 Å². The van der Waals surface area contributed by atoms with Crippen molar-refractivity contribution in [1.82, 2.24) is 4.90 Å². The summed E-state index contributed by atoms with van der Waals surface area (Å²) in [5.74, 6) is 0.876. The molecule has 0 bridgehead atoms. The Morgan fingerprint density at radius 2 is 1.84 bits per heavy atom. The van der Waals surface area contributed by atoms with E-state index in [2.05, 4.69) is 9.64 Å². The molecule has 4 nitrogen and oxygen atoms in total. The largest absolute Gasteiger partial charge is 0.497 e. The Bertz CT molecular complexity index is 537. The highest BCUT2D eigenvalue weighted by atomic mass is 19.4. The molecule has 0 saturated carbocycles. The van der Waals surface area contributed by atoms with E-state index < -0.39 is 12.8 Å². The van der Waals surface area contributed by atoms with Crippen molar-refractivity contribution in [1.29, 1.82) is 0 Å². The number of benzene rings is 1. The fourth-order valence-corrected chi connectivity index (χ4v) is 2.99. The number of likely N-dealkylation sites (tertiary alicyclic amines) is 1. The molecule has 0 aliphatic carbocycles. The van der Waals surface area contributed by atoms with E-state index in [1.54, 1.807) is 31.4 Å². The monoisotopic (exact) mass is 359 g/mol. The van der Waals surface area contributed by atoms with Crippen LogP contribution in [0.4, 0.5) is 13.2 Å². The van der Waals surface area contributed by atoms with Gasteiger partial charge >= 0.3 is 6.18 Å². The third-order valence-electron chi connectivity index (χ3n) is 4.36. The zero-order valence-electron chi connectivity index (χ0n) is 14.3. The topological polar surface area (TPSA) is 38.8 Å². The molecule has 1 saturated heterocycles. The predicted octanol–water partition coefficient (Wildman–Crippen LogP) is 3.56. The molecule has 0 N–H and O–H groups in total. The molecule has 0 radical (unpaired) electrons. The Hall–Kier alpha value is -1.60. The Labute approximate surface area is 145 Å². The van der Waals surface area contributed by atoms with Crippen LogP contribution in [0.5, 0.6) is 5.75 Å². The van der Waals surface area contributed by atoms with Crippen molar-refractivity contribution in [3.8, 4) is 5.75 Å². The molecule has 1 aliphatic heterocycles. The number of hydrogen-bond acceptors (Lipinski definition) is 4. The summed E-state index contributed by atoms with van der Waals surface area (Å²) in [6.07, 6.45) is -2.16. The first-order chi connectivity index (χ1) is 11.9. The van der Waals surface area contributed by atoms with E-state index in [0.717, 1.165) is 31.7 Å². The lowest BCUT2D eigenvalue weighted by atomic mass is 9.89. The van der Waals surface area contributed by atoms with Crippen molar-refractivity contribution in [3.05, 3.63) is 29.8 Å². The molecule has 140 valence electrons. The van der Waals surface area contributed by atoms with Gasteiger partial charge in [0.1, 0.15) is 12.4 Å². The first-order valence-corrected chi connectivity index (χ1v) is 8.44. The van der Waals surface area contributed by atoms with Crippen molar-refractivity contribution in [2.45, 2.75) is 25.4 Å². The predicted molar refractivity (Wildman–Crippen MR) is 88.0 cm³/mol. The highest BCUT2D eigenvalue weighted by molar-refractivity contribution is 5.98. The van der Waals surface area contributed by atoms with E-state index >= 15 is 0 Å². The van der Waals surface area contributed by atoms with E-state index in [0.29, 0.717) is 18.5 Å². The Kier molecular flexibility index (Phi) is 7.25. The van der Waals surface area contributed by atoms with Gasteiger partial charge in [-0.2, -0.15) is 13.2 Å². The van der Waals surface area contributed by atoms with Crippen LogP contribution in [0, 0.1) is 5.92 Å². The average molecular weight is 359 g/mol. The minimum atomic E-state index is -4.26. The maximum Gasteiger partial charge on any atom is 0.411 e. The van der Waals surface area contributed by atoms with Crippen LogP contribution >= 0.6 is 0 Å². The summed E-state index contributed by atoms with van der Waals surface area (Å²) in [6, 6.07) is 7.13. The Morgan fingerprint density at radius 1 is 1.20 bits per heavy atom. The lowest BCUT2D eigenvalue weighted by molar-refractivity contribution is -0.174. The minimum Gasteiger partial charge on any atom is -0.497 e. The fraction of sp³-hybridized carbons (Fsp3) is 0.611. The van der Waals surface area contributed by atoms with Gasteiger partial charge in [-0.25, -0.2) is 0 Å². The van der Waals surface area contributed by atoms with Crippen molar-refractivity contribution in [2.24, 2.45) is 5.92 Å². The van der Waals surface area contributed by atoms with Crippen LogP contribution in [0.1, 0.15) is 29.6 Å². The van der Waals surface area contributed by atoms with Gasteiger partial charge in [-0.15, -0.1) is 0 Å². The maximum atomic E-state index is 12.5. The van der Waals surface area contributed by atoms with Gasteiger partial charge < -0.3 is 14.4 Å². The Morgan fingerprint density at radius 3 is 2.40 bits per heavy atom. The van der Waals surface area contributed by atoms with Crippen LogP contribution in [-0.4, -0.2) is 56.8 Å². The number of halogens is 3. The molecule has 1 aliphatic rings. The van der Waals surface area contributed by atoms with Crippen LogP contribution < -0.4 is 4.74 Å². The maximum absolute atomic E-state index is 12.5. The molecule has 0 atom stereocenters. The molecule has 0 amide bonds. The van der Waals surface area contributed by atoms with Crippen molar-refractivity contribution in [2.75, 3.05) is 40.0 Å². The first kappa shape index (κ1) is 19.7. The summed E-state index contributed by atoms with van der Waals surface area (Å²) < 4.78 is 45.6. The molecule has 1 heterocycles. The molecule has 1 aromatic rings. The van der Waals surface area contributed by atoms with E-state index in [4.69, 9.17) is 4.74 Å². The molecule has 0 unspecified atom stereocenters. The number of nitrogens with zero attached hydrogens (tertiary/aromatic N) is 1. The number of Topliss-reactive ketones (excluding diaryl/α,β-unsaturated/α-hetero) is 1. The van der Waals surface area contributed by atoms with Crippen LogP contribution in [0.15, 0.2) is 24.3 Å². The third kappa shape index (κ3) is 6.66. The van der Waals surface area contributed by atoms with Gasteiger partial charge in [0, 0.05) is 24.6 Å². The van der Waals surface area contributed by atoms with Crippen molar-refractivity contribution in [3.63, 3.8) is 0 Å². The SMILES string of the molecule is COc1ccc(C(=O)C2CCN(CCCOCC(F)(F)F)CC2)cc1. The number of alkyl halides is 3. The molecule has 25 heavy (non-hydrogen) atoms. The van der Waals surface area contributed by atoms with Crippen LogP contribution in [0.2, 0.25) is 0 Å². The number of carbonyl (C=O) groups is 1. The second kappa shape index (κ2) is 9.20. The fourth-order valence-electron chi connectivity index (χ4n) is 2.99. The third-order valence-corrected chi connectivity index (χ3v) is 4.36. The highest BCUT2D eigenvalue weighted by Gasteiger charge is 2.28. The zero-order chi connectivity index (χ0) is 18.3. The first-order valence-electron chi connectivity index (χ1n) is 8.44. The summed E-state index contributed by atoms with van der Waals surface area (Å²) in [4.78, 5) is 14.7. The molecule has 0 spiro atoms. The zero-order valence-corrected chi connectivity index (χ0v) is 14.3. The number of rotatable bonds is 8. The molecule has 0 aromatic heterocycles. The lowest BCUT2D eigenvalue weighted by Gasteiger charge is -2.31. The number of carbonyl (C=O) groups excluding carboxylic acids is 1. The van der Waals surface area contributed by atoms with Gasteiger partial charge in [0.2, 0.25) is 0 Å². The van der Waals surface area contributed by atoms with Crippen LogP contribution in [0.25, 0.3) is 0 Å². The molecule has 1 aromatic carbocycles. The van der Waals surface area contributed by atoms with E-state index in [-0.39, 0.29) is 18.3 Å². The average Bonchev–Trinajstić information content (AvgIpc) is 2.60. The summed E-state index contributed by atoms with van der Waals surface area (Å²) in [5.41, 5.74) is 0.694. The van der Waals surface area contributed by atoms with E-state index in [1.165, 1.54) is 0 Å². The van der Waals surface area contributed by atoms with E-state index in [9.17, 15) is 18.0 Å². The molecule has 2 rings (SSSR count). The standard InChI is InChI=1S/C18H24F3NO3/c1-24-16-5-3-14(4-6-16)17(23)15-7-10-22(11-8-15)9-2-12-25-13-18(19,20)21/h3-6,15H,2,7-13H2,1H3. The van der Waals surface area contributed by atoms with Gasteiger partial charge in [0.05, 0.1) is 7.11 Å². The van der Waals surface area contributed by atoms with Gasteiger partial charge in [-0.1, -0.05) is 0 Å². The van der Waals surface area contributed by atoms with Gasteiger partial charge in [-0.05, 0) is 56.6 Å². The number of hydrogen-bond donors (Lipinski definition) is 0. The van der Waals surface area contributed by atoms with Gasteiger partial charge in [0.25, 0.3) is 0 Å². The molecular formula is C18H24F3NO3. The summed E-state index contributed by atoms with van der Waals surface area (Å²) in [7, 11) is 1.58. The quantitative estimate of drug-likeness (QED) is 0.526. The van der Waals surface area contributed by atoms with Crippen molar-refractivity contribution >= 4 is 5.78 Å². The normalized spacial score (nSPS) is 16.8. The smallest absolute Gasteiger partial charge is 0.411 e. The van der Waals surface area contributed by atoms with Crippen molar-refractivity contribution < 1.29 is 27.4 Å². The summed E-state index contributed by atoms with van der Waals surface area (Å²) in [5, 5.41) is 0. The molecular weight excluding hydrogens is 335 g/mol. The number of ether oxygens (including phenoxy) is 2. The highest BCUT2D eigenvalue weighted by Crippen LogP contribution is 2.23. The second-order valence-corrected chi connectivity index (χ2v) is 6.23. The number of piperidine rings is 1. The number of ketones is 1. The van der Waals surface area contributed by atoms with Gasteiger partial charge in [-0.3, -0.25) is 4.79 Å². The minimum absolute atomic E-state index is 0.00567. The molecule has 7 heteroatoms. The summed E-state index contributed by atoms with van der Waals surface area (Å²) >= 11 is 0. The van der Waals surface area contributed by atoms with Crippen LogP contribution in [0.3, 0.4) is 0 Å². The Balaban J connectivity index is 1.67. The second-order valence-electron chi connectivity index (χ2n) is 6.23. The van der Waals surface area contributed by atoms with Gasteiger partial charge in [0.15, 0.2) is 5.78 Å². The molecule has 1 fully saturated rings. The van der Waals surface area contributed by atoms with Crippen LogP contribution in [-0.2, 0) is 4.74 Å². The summed E-state index contributed by atoms with van der Waals surface area (Å²) in [6.45, 7) is 1.18. The number of methoxy groups -OCH3 is 1.